The van der Waals surface area contributed by atoms with E-state index in [1.54, 1.807) is 0 Å². The Bertz CT molecular complexity index is 577. The van der Waals surface area contributed by atoms with Crippen molar-refractivity contribution < 1.29 is 9.53 Å². The quantitative estimate of drug-likeness (QED) is 0.809. The monoisotopic (exact) mass is 321 g/mol. The zero-order valence-corrected chi connectivity index (χ0v) is 15.6. The number of aromatic nitrogens is 2. The van der Waals surface area contributed by atoms with Crippen molar-refractivity contribution in [2.24, 2.45) is 12.5 Å². The minimum absolute atomic E-state index is 0.0283. The maximum Gasteiger partial charge on any atom is 0.222 e. The molecule has 0 radical (unpaired) electrons. The molecular formula is C18H31N3O2. The van der Waals surface area contributed by atoms with Crippen molar-refractivity contribution in [2.45, 2.75) is 66.0 Å². The van der Waals surface area contributed by atoms with Gasteiger partial charge in [-0.15, -0.1) is 0 Å². The van der Waals surface area contributed by atoms with Crippen LogP contribution >= 0.6 is 0 Å². The molecule has 2 atom stereocenters. The van der Waals surface area contributed by atoms with Crippen LogP contribution in [0.5, 0.6) is 0 Å². The average molecular weight is 321 g/mol. The van der Waals surface area contributed by atoms with Crippen LogP contribution in [0, 0.1) is 19.3 Å². The molecule has 0 spiro atoms. The molecule has 1 aromatic heterocycles. The van der Waals surface area contributed by atoms with Crippen molar-refractivity contribution in [2.75, 3.05) is 13.7 Å². The smallest absolute Gasteiger partial charge is 0.222 e. The molecular weight excluding hydrogens is 290 g/mol. The Hall–Kier alpha value is -1.36. The lowest BCUT2D eigenvalue weighted by molar-refractivity contribution is -0.163. The summed E-state index contributed by atoms with van der Waals surface area (Å²) in [5.41, 5.74) is 3.41. The number of amides is 1. The molecule has 1 aromatic rings. The third-order valence-electron chi connectivity index (χ3n) is 5.60. The number of rotatable bonds is 6. The molecule has 5 heteroatoms. The highest BCUT2D eigenvalue weighted by atomic mass is 16.5. The van der Waals surface area contributed by atoms with Crippen LogP contribution in [0.25, 0.3) is 0 Å². The van der Waals surface area contributed by atoms with Crippen molar-refractivity contribution in [3.63, 3.8) is 0 Å². The first-order valence-electron chi connectivity index (χ1n) is 8.56. The Morgan fingerprint density at radius 2 is 2.09 bits per heavy atom. The van der Waals surface area contributed by atoms with Crippen LogP contribution < -0.4 is 0 Å². The molecule has 1 aliphatic carbocycles. The summed E-state index contributed by atoms with van der Waals surface area (Å²) in [5.74, 6) is 0.209. The Morgan fingerprint density at radius 1 is 1.43 bits per heavy atom. The zero-order valence-electron chi connectivity index (χ0n) is 15.6. The lowest BCUT2D eigenvalue weighted by Crippen LogP contribution is -2.62. The molecule has 1 aliphatic rings. The largest absolute Gasteiger partial charge is 0.378 e. The SMILES string of the molecule is CCO[C@H]1C[C@@H](N(C)C(=O)CCc2c(C)nn(C)c2C)C1(C)C. The van der Waals surface area contributed by atoms with Gasteiger partial charge in [0.15, 0.2) is 0 Å². The maximum atomic E-state index is 12.6. The number of carbonyl (C=O) groups is 1. The molecule has 0 aliphatic heterocycles. The van der Waals surface area contributed by atoms with Crippen molar-refractivity contribution in [3.05, 3.63) is 17.0 Å². The second kappa shape index (κ2) is 6.63. The van der Waals surface area contributed by atoms with Crippen molar-refractivity contribution in [1.82, 2.24) is 14.7 Å². The summed E-state index contributed by atoms with van der Waals surface area (Å²) < 4.78 is 7.66. The lowest BCUT2D eigenvalue weighted by atomic mass is 9.63. The van der Waals surface area contributed by atoms with E-state index in [0.717, 1.165) is 30.8 Å². The molecule has 0 unspecified atom stereocenters. The van der Waals surface area contributed by atoms with Crippen molar-refractivity contribution in [1.29, 1.82) is 0 Å². The van der Waals surface area contributed by atoms with Gasteiger partial charge in [-0.05, 0) is 39.2 Å². The predicted molar refractivity (Wildman–Crippen MR) is 91.4 cm³/mol. The van der Waals surface area contributed by atoms with E-state index < -0.39 is 0 Å². The number of carbonyl (C=O) groups excluding carboxylic acids is 1. The molecule has 0 bridgehead atoms. The molecule has 23 heavy (non-hydrogen) atoms. The van der Waals surface area contributed by atoms with E-state index in [2.05, 4.69) is 25.9 Å². The molecule has 5 nitrogen and oxygen atoms in total. The average Bonchev–Trinajstić information content (AvgIpc) is 2.73. The Morgan fingerprint density at radius 3 is 2.57 bits per heavy atom. The highest BCUT2D eigenvalue weighted by Crippen LogP contribution is 2.45. The highest BCUT2D eigenvalue weighted by molar-refractivity contribution is 5.76. The van der Waals surface area contributed by atoms with Crippen molar-refractivity contribution >= 4 is 5.91 Å². The molecule has 1 heterocycles. The van der Waals surface area contributed by atoms with E-state index >= 15 is 0 Å². The fraction of sp³-hybridized carbons (Fsp3) is 0.778. The van der Waals surface area contributed by atoms with Gasteiger partial charge in [-0.3, -0.25) is 9.48 Å². The molecule has 1 fully saturated rings. The van der Waals surface area contributed by atoms with Gasteiger partial charge < -0.3 is 9.64 Å². The van der Waals surface area contributed by atoms with Crippen LogP contribution in [-0.2, 0) is 23.0 Å². The van der Waals surface area contributed by atoms with E-state index in [0.29, 0.717) is 6.42 Å². The summed E-state index contributed by atoms with van der Waals surface area (Å²) in [7, 11) is 3.88. The Balaban J connectivity index is 1.94. The maximum absolute atomic E-state index is 12.6. The number of ether oxygens (including phenoxy) is 1. The van der Waals surface area contributed by atoms with Gasteiger partial charge in [-0.2, -0.15) is 5.10 Å². The number of hydrogen-bond donors (Lipinski definition) is 0. The summed E-state index contributed by atoms with van der Waals surface area (Å²) in [6.07, 6.45) is 2.50. The van der Waals surface area contributed by atoms with E-state index in [-0.39, 0.29) is 23.5 Å². The van der Waals surface area contributed by atoms with Crippen LogP contribution in [0.2, 0.25) is 0 Å². The van der Waals surface area contributed by atoms with Crippen LogP contribution in [0.3, 0.4) is 0 Å². The van der Waals surface area contributed by atoms with Gasteiger partial charge in [-0.25, -0.2) is 0 Å². The van der Waals surface area contributed by atoms with Gasteiger partial charge in [-0.1, -0.05) is 13.8 Å². The van der Waals surface area contributed by atoms with Crippen LogP contribution in [-0.4, -0.2) is 46.4 Å². The molecule has 130 valence electrons. The van der Waals surface area contributed by atoms with Crippen LogP contribution in [0.1, 0.15) is 50.6 Å². The standard InChI is InChI=1S/C18H31N3O2/c1-8-23-16-11-15(18(16,4)5)20(6)17(22)10-9-14-12(2)19-21(7)13(14)3/h15-16H,8-11H2,1-7H3/t15-,16+/m1/s1. The molecule has 0 N–H and O–H groups in total. The van der Waals surface area contributed by atoms with E-state index in [1.165, 1.54) is 5.56 Å². The van der Waals surface area contributed by atoms with Gasteiger partial charge in [0, 0.05) is 44.3 Å². The molecule has 0 saturated heterocycles. The van der Waals surface area contributed by atoms with E-state index in [4.69, 9.17) is 4.74 Å². The minimum Gasteiger partial charge on any atom is -0.378 e. The topological polar surface area (TPSA) is 47.4 Å². The number of hydrogen-bond acceptors (Lipinski definition) is 3. The summed E-state index contributed by atoms with van der Waals surface area (Å²) in [4.78, 5) is 14.5. The Kier molecular flexibility index (Phi) is 5.19. The third kappa shape index (κ3) is 3.30. The minimum atomic E-state index is 0.0283. The third-order valence-corrected chi connectivity index (χ3v) is 5.60. The summed E-state index contributed by atoms with van der Waals surface area (Å²) in [6, 6.07) is 0.266. The van der Waals surface area contributed by atoms with E-state index in [9.17, 15) is 4.79 Å². The Labute approximate surface area is 140 Å². The molecule has 0 aromatic carbocycles. The summed E-state index contributed by atoms with van der Waals surface area (Å²) in [5, 5.41) is 4.42. The molecule has 1 amide bonds. The zero-order chi connectivity index (χ0) is 17.4. The highest BCUT2D eigenvalue weighted by Gasteiger charge is 2.51. The lowest BCUT2D eigenvalue weighted by Gasteiger charge is -2.54. The van der Waals surface area contributed by atoms with Gasteiger partial charge in [0.1, 0.15) is 0 Å². The van der Waals surface area contributed by atoms with Crippen LogP contribution in [0.15, 0.2) is 0 Å². The van der Waals surface area contributed by atoms with Crippen LogP contribution in [0.4, 0.5) is 0 Å². The number of aryl methyl sites for hydroxylation is 2. The molecule has 1 saturated carbocycles. The fourth-order valence-electron chi connectivity index (χ4n) is 3.77. The van der Waals surface area contributed by atoms with Gasteiger partial charge >= 0.3 is 0 Å². The predicted octanol–water partition coefficient (Wildman–Crippen LogP) is 2.63. The molecule has 2 rings (SSSR count). The fourth-order valence-corrected chi connectivity index (χ4v) is 3.77. The first-order chi connectivity index (χ1) is 10.7. The number of nitrogens with zero attached hydrogens (tertiary/aromatic N) is 3. The van der Waals surface area contributed by atoms with Crippen molar-refractivity contribution in [3.8, 4) is 0 Å². The first-order valence-corrected chi connectivity index (χ1v) is 8.56. The summed E-state index contributed by atoms with van der Waals surface area (Å²) in [6.45, 7) is 11.2. The van der Waals surface area contributed by atoms with Gasteiger partial charge in [0.25, 0.3) is 0 Å². The normalized spacial score (nSPS) is 22.7. The van der Waals surface area contributed by atoms with Gasteiger partial charge in [0.05, 0.1) is 11.8 Å². The summed E-state index contributed by atoms with van der Waals surface area (Å²) >= 11 is 0. The van der Waals surface area contributed by atoms with Gasteiger partial charge in [0.2, 0.25) is 5.91 Å². The first kappa shape index (κ1) is 18.0. The van der Waals surface area contributed by atoms with E-state index in [1.807, 2.05) is 37.5 Å². The second-order valence-electron chi connectivity index (χ2n) is 7.29. The second-order valence-corrected chi connectivity index (χ2v) is 7.29.